The van der Waals surface area contributed by atoms with Crippen molar-refractivity contribution in [3.63, 3.8) is 0 Å². The van der Waals surface area contributed by atoms with Crippen LogP contribution in [0.5, 0.6) is 0 Å². The van der Waals surface area contributed by atoms with Crippen LogP contribution in [-0.2, 0) is 25.8 Å². The van der Waals surface area contributed by atoms with Crippen molar-refractivity contribution in [2.45, 2.75) is 39.2 Å². The normalized spacial score (nSPS) is 34.7. The van der Waals surface area contributed by atoms with Crippen LogP contribution in [0.15, 0.2) is 28.2 Å². The summed E-state index contributed by atoms with van der Waals surface area (Å²) in [7, 11) is 0. The van der Waals surface area contributed by atoms with Gasteiger partial charge < -0.3 is 9.52 Å². The molecule has 1 saturated carbocycles. The van der Waals surface area contributed by atoms with Gasteiger partial charge in [0.1, 0.15) is 18.1 Å². The van der Waals surface area contributed by atoms with Crippen LogP contribution in [0.3, 0.4) is 0 Å². The third-order valence-electron chi connectivity index (χ3n) is 7.61. The number of hydrogen-bond acceptors (Lipinski definition) is 6. The number of furan rings is 1. The van der Waals surface area contributed by atoms with Crippen molar-refractivity contribution < 1.29 is 28.7 Å². The number of likely N-dealkylation sites (tertiary alicyclic amines) is 2. The van der Waals surface area contributed by atoms with Gasteiger partial charge in [-0.15, -0.1) is 0 Å². The fraction of sp³-hybridized carbons (Fsp3) is 0.565. The van der Waals surface area contributed by atoms with E-state index in [0.29, 0.717) is 37.5 Å². The predicted octanol–water partition coefficient (Wildman–Crippen LogP) is 1.45. The molecular formula is C23H26N2O6. The summed E-state index contributed by atoms with van der Waals surface area (Å²) in [5, 5.41) is 9.46. The van der Waals surface area contributed by atoms with Crippen LogP contribution in [0.25, 0.3) is 0 Å². The molecule has 2 aliphatic carbocycles. The van der Waals surface area contributed by atoms with Gasteiger partial charge >= 0.3 is 0 Å². The van der Waals surface area contributed by atoms with Crippen LogP contribution < -0.4 is 0 Å². The van der Waals surface area contributed by atoms with Crippen LogP contribution in [-0.4, -0.2) is 51.6 Å². The van der Waals surface area contributed by atoms with Crippen LogP contribution in [0.2, 0.25) is 0 Å². The van der Waals surface area contributed by atoms with Crippen molar-refractivity contribution in [1.29, 1.82) is 0 Å². The van der Waals surface area contributed by atoms with E-state index in [0.717, 1.165) is 5.57 Å². The number of imide groups is 2. The minimum Gasteiger partial charge on any atom is -0.463 e. The molecule has 31 heavy (non-hydrogen) atoms. The molecule has 2 aliphatic heterocycles. The summed E-state index contributed by atoms with van der Waals surface area (Å²) in [4.78, 5) is 54.9. The van der Waals surface area contributed by atoms with Crippen molar-refractivity contribution in [2.24, 2.45) is 29.6 Å². The monoisotopic (exact) mass is 426 g/mol. The number of allylic oxidation sites excluding steroid dienone is 2. The third-order valence-corrected chi connectivity index (χ3v) is 7.61. The van der Waals surface area contributed by atoms with Crippen molar-refractivity contribution in [1.82, 2.24) is 9.80 Å². The van der Waals surface area contributed by atoms with Gasteiger partial charge in [0.15, 0.2) is 0 Å². The Kier molecular flexibility index (Phi) is 4.66. The van der Waals surface area contributed by atoms with Gasteiger partial charge in [0.2, 0.25) is 23.6 Å². The Morgan fingerprint density at radius 1 is 0.903 bits per heavy atom. The predicted molar refractivity (Wildman–Crippen MR) is 107 cm³/mol. The first-order valence-corrected chi connectivity index (χ1v) is 11.0. The van der Waals surface area contributed by atoms with Crippen molar-refractivity contribution in [2.75, 3.05) is 13.1 Å². The molecule has 4 amide bonds. The highest BCUT2D eigenvalue weighted by molar-refractivity contribution is 6.07. The molecule has 1 N–H and O–H groups in total. The van der Waals surface area contributed by atoms with Gasteiger partial charge in [-0.3, -0.25) is 29.0 Å². The first kappa shape index (κ1) is 20.2. The molecule has 3 heterocycles. The van der Waals surface area contributed by atoms with Gasteiger partial charge in [0, 0.05) is 13.1 Å². The van der Waals surface area contributed by atoms with E-state index < -0.39 is 29.6 Å². The zero-order chi connectivity index (χ0) is 22.0. The molecule has 0 spiro atoms. The molecule has 6 unspecified atom stereocenters. The summed E-state index contributed by atoms with van der Waals surface area (Å²) in [5.41, 5.74) is 0.916. The SMILES string of the molecule is CCN1C(=O)C2CC=C3C(CC4C(=O)N(CC)C(=O)C4C3c3ccc(CO)o3)C2C1=O. The molecule has 8 nitrogen and oxygen atoms in total. The second kappa shape index (κ2) is 7.15. The summed E-state index contributed by atoms with van der Waals surface area (Å²) in [5.74, 6) is -2.62. The zero-order valence-electron chi connectivity index (χ0n) is 17.6. The lowest BCUT2D eigenvalue weighted by molar-refractivity contribution is -0.141. The maximum absolute atomic E-state index is 13.2. The molecule has 5 rings (SSSR count). The van der Waals surface area contributed by atoms with Gasteiger partial charge in [-0.1, -0.05) is 11.6 Å². The Labute approximate surface area is 179 Å². The Morgan fingerprint density at radius 2 is 1.55 bits per heavy atom. The summed E-state index contributed by atoms with van der Waals surface area (Å²) >= 11 is 0. The molecule has 164 valence electrons. The van der Waals surface area contributed by atoms with Crippen molar-refractivity contribution in [3.8, 4) is 0 Å². The van der Waals surface area contributed by atoms with Gasteiger partial charge in [0.05, 0.1) is 29.6 Å². The maximum atomic E-state index is 13.2. The van der Waals surface area contributed by atoms with E-state index in [4.69, 9.17) is 4.42 Å². The average molecular weight is 426 g/mol. The van der Waals surface area contributed by atoms with Gasteiger partial charge in [-0.05, 0) is 44.7 Å². The van der Waals surface area contributed by atoms with E-state index in [9.17, 15) is 24.3 Å². The van der Waals surface area contributed by atoms with Gasteiger partial charge in [0.25, 0.3) is 0 Å². The molecule has 0 aromatic carbocycles. The fourth-order valence-electron chi connectivity index (χ4n) is 6.31. The van der Waals surface area contributed by atoms with Crippen LogP contribution >= 0.6 is 0 Å². The smallest absolute Gasteiger partial charge is 0.234 e. The number of aliphatic hydroxyl groups excluding tert-OH is 1. The Bertz CT molecular complexity index is 1010. The Hall–Kier alpha value is -2.74. The van der Waals surface area contributed by atoms with E-state index >= 15 is 0 Å². The lowest BCUT2D eigenvalue weighted by Gasteiger charge is -2.43. The number of amides is 4. The summed E-state index contributed by atoms with van der Waals surface area (Å²) < 4.78 is 5.85. The molecular weight excluding hydrogens is 400 g/mol. The lowest BCUT2D eigenvalue weighted by Crippen LogP contribution is -2.43. The van der Waals surface area contributed by atoms with Gasteiger partial charge in [-0.2, -0.15) is 0 Å². The van der Waals surface area contributed by atoms with Crippen LogP contribution in [0.4, 0.5) is 0 Å². The second-order valence-electron chi connectivity index (χ2n) is 8.83. The van der Waals surface area contributed by atoms with Gasteiger partial charge in [-0.25, -0.2) is 0 Å². The average Bonchev–Trinajstić information content (AvgIpc) is 3.41. The minimum absolute atomic E-state index is 0.143. The van der Waals surface area contributed by atoms with E-state index in [1.165, 1.54) is 9.80 Å². The number of carbonyl (C=O) groups excluding carboxylic acids is 4. The van der Waals surface area contributed by atoms with Crippen molar-refractivity contribution >= 4 is 23.6 Å². The number of rotatable bonds is 4. The standard InChI is InChI=1S/C23H26N2O6/c1-3-24-20(27)13-7-6-12-14(17(13)22(24)29)9-15-19(23(30)25(4-2)21(15)28)18(12)16-8-5-11(10-26)31-16/h5-6,8,13-15,17-19,26H,3-4,7,9-10H2,1-2H3. The Morgan fingerprint density at radius 3 is 2.16 bits per heavy atom. The van der Waals surface area contributed by atoms with E-state index in [1.54, 1.807) is 26.0 Å². The van der Waals surface area contributed by atoms with Crippen molar-refractivity contribution in [3.05, 3.63) is 35.3 Å². The molecule has 1 aromatic rings. The fourth-order valence-corrected chi connectivity index (χ4v) is 6.31. The molecule has 4 aliphatic rings. The number of carbonyl (C=O) groups is 4. The number of hydrogen-bond donors (Lipinski definition) is 1. The summed E-state index contributed by atoms with van der Waals surface area (Å²) in [6.07, 6.45) is 2.82. The van der Waals surface area contributed by atoms with E-state index in [1.807, 2.05) is 6.08 Å². The number of fused-ring (bicyclic) bond motifs is 4. The first-order valence-electron chi connectivity index (χ1n) is 11.0. The maximum Gasteiger partial charge on any atom is 0.234 e. The number of aliphatic hydroxyl groups is 1. The van der Waals surface area contributed by atoms with Crippen LogP contribution in [0, 0.1) is 29.6 Å². The van der Waals surface area contributed by atoms with Crippen LogP contribution in [0.1, 0.15) is 44.1 Å². The zero-order valence-corrected chi connectivity index (χ0v) is 17.6. The highest BCUT2D eigenvalue weighted by Gasteiger charge is 2.62. The topological polar surface area (TPSA) is 108 Å². The molecule has 8 heteroatoms. The molecule has 6 atom stereocenters. The van der Waals surface area contributed by atoms with E-state index in [2.05, 4.69) is 0 Å². The summed E-state index contributed by atoms with van der Waals surface area (Å²) in [6, 6.07) is 3.41. The number of nitrogens with zero attached hydrogens (tertiary/aromatic N) is 2. The highest BCUT2D eigenvalue weighted by Crippen LogP contribution is 2.57. The molecule has 0 bridgehead atoms. The first-order chi connectivity index (χ1) is 14.9. The Balaban J connectivity index is 1.63. The second-order valence-corrected chi connectivity index (χ2v) is 8.83. The highest BCUT2D eigenvalue weighted by atomic mass is 16.4. The summed E-state index contributed by atoms with van der Waals surface area (Å²) in [6.45, 7) is 3.94. The lowest BCUT2D eigenvalue weighted by atomic mass is 9.58. The molecule has 3 fully saturated rings. The third kappa shape index (κ3) is 2.63. The van der Waals surface area contributed by atoms with E-state index in [-0.39, 0.29) is 36.2 Å². The molecule has 0 radical (unpaired) electrons. The largest absolute Gasteiger partial charge is 0.463 e. The minimum atomic E-state index is -0.585. The quantitative estimate of drug-likeness (QED) is 0.577. The molecule has 2 saturated heterocycles. The molecule has 1 aromatic heterocycles.